The van der Waals surface area contributed by atoms with E-state index in [0.29, 0.717) is 29.5 Å². The van der Waals surface area contributed by atoms with E-state index in [1.807, 2.05) is 47.8 Å². The number of amides is 1. The molecule has 1 amide bonds. The summed E-state index contributed by atoms with van der Waals surface area (Å²) in [5.74, 6) is 1.87. The Morgan fingerprint density at radius 3 is 2.38 bits per heavy atom. The first-order valence-corrected chi connectivity index (χ1v) is 10.7. The highest BCUT2D eigenvalue weighted by atomic mass is 32.2. The number of benzene rings is 2. The van der Waals surface area contributed by atoms with E-state index < -0.39 is 0 Å². The Kier molecular flexibility index (Phi) is 7.37. The molecule has 0 aliphatic heterocycles. The molecule has 29 heavy (non-hydrogen) atoms. The Hall–Kier alpha value is -2.71. The minimum Gasteiger partial charge on any atom is -0.493 e. The van der Waals surface area contributed by atoms with Gasteiger partial charge in [0.05, 0.1) is 32.8 Å². The van der Waals surface area contributed by atoms with Gasteiger partial charge in [-0.1, -0.05) is 42.1 Å². The number of thiazole rings is 1. The molecule has 2 aromatic carbocycles. The molecule has 0 bridgehead atoms. The SMILES string of the molecule is COc1cc(CNC(=O)CSc2nc(-c3ccccc3)cs2)cc(OC)c1OC. The van der Waals surface area contributed by atoms with Crippen molar-refractivity contribution in [1.29, 1.82) is 0 Å². The van der Waals surface area contributed by atoms with Gasteiger partial charge in [0.2, 0.25) is 11.7 Å². The maximum absolute atomic E-state index is 12.3. The molecular weight excluding hydrogens is 408 g/mol. The first kappa shape index (κ1) is 21.0. The summed E-state index contributed by atoms with van der Waals surface area (Å²) in [6.07, 6.45) is 0. The molecule has 0 radical (unpaired) electrons. The van der Waals surface area contributed by atoms with Gasteiger partial charge < -0.3 is 19.5 Å². The maximum Gasteiger partial charge on any atom is 0.230 e. The van der Waals surface area contributed by atoms with E-state index in [-0.39, 0.29) is 5.91 Å². The second-order valence-corrected chi connectivity index (χ2v) is 8.04. The fraction of sp³-hybridized carbons (Fsp3) is 0.238. The number of rotatable bonds is 9. The number of carbonyl (C=O) groups excluding carboxylic acids is 1. The van der Waals surface area contributed by atoms with Crippen molar-refractivity contribution in [3.8, 4) is 28.5 Å². The summed E-state index contributed by atoms with van der Waals surface area (Å²) in [5, 5.41) is 4.92. The minimum atomic E-state index is -0.0692. The van der Waals surface area contributed by atoms with Gasteiger partial charge in [-0.3, -0.25) is 4.79 Å². The summed E-state index contributed by atoms with van der Waals surface area (Å²) in [6, 6.07) is 13.6. The van der Waals surface area contributed by atoms with Crippen LogP contribution in [0.4, 0.5) is 0 Å². The van der Waals surface area contributed by atoms with E-state index in [9.17, 15) is 4.79 Å². The van der Waals surface area contributed by atoms with Gasteiger partial charge in [0.25, 0.3) is 0 Å². The first-order chi connectivity index (χ1) is 14.1. The van der Waals surface area contributed by atoms with Gasteiger partial charge in [-0.25, -0.2) is 4.98 Å². The van der Waals surface area contributed by atoms with Crippen LogP contribution in [0, 0.1) is 0 Å². The van der Waals surface area contributed by atoms with Crippen LogP contribution in [-0.2, 0) is 11.3 Å². The van der Waals surface area contributed by atoms with Crippen LogP contribution in [0.25, 0.3) is 11.3 Å². The van der Waals surface area contributed by atoms with Crippen LogP contribution < -0.4 is 19.5 Å². The molecule has 0 saturated carbocycles. The van der Waals surface area contributed by atoms with Gasteiger partial charge in [0.15, 0.2) is 15.8 Å². The molecule has 0 spiro atoms. The quantitative estimate of drug-likeness (QED) is 0.512. The molecule has 3 rings (SSSR count). The number of aromatic nitrogens is 1. The van der Waals surface area contributed by atoms with Gasteiger partial charge in [0, 0.05) is 17.5 Å². The zero-order valence-electron chi connectivity index (χ0n) is 16.4. The third-order valence-corrected chi connectivity index (χ3v) is 6.11. The molecule has 6 nitrogen and oxygen atoms in total. The van der Waals surface area contributed by atoms with Crippen molar-refractivity contribution in [2.24, 2.45) is 0 Å². The smallest absolute Gasteiger partial charge is 0.230 e. The van der Waals surface area contributed by atoms with E-state index in [1.165, 1.54) is 23.1 Å². The lowest BCUT2D eigenvalue weighted by atomic mass is 10.2. The van der Waals surface area contributed by atoms with Crippen molar-refractivity contribution in [2.75, 3.05) is 27.1 Å². The average Bonchev–Trinajstić information content (AvgIpc) is 3.25. The Labute approximate surface area is 178 Å². The van der Waals surface area contributed by atoms with E-state index in [0.717, 1.165) is 21.2 Å². The molecule has 1 heterocycles. The average molecular weight is 431 g/mol. The second kappa shape index (κ2) is 10.2. The minimum absolute atomic E-state index is 0.0692. The van der Waals surface area contributed by atoms with Crippen molar-refractivity contribution in [1.82, 2.24) is 10.3 Å². The number of ether oxygens (including phenoxy) is 3. The van der Waals surface area contributed by atoms with Gasteiger partial charge >= 0.3 is 0 Å². The van der Waals surface area contributed by atoms with Crippen LogP contribution in [0.5, 0.6) is 17.2 Å². The number of hydrogen-bond acceptors (Lipinski definition) is 7. The summed E-state index contributed by atoms with van der Waals surface area (Å²) in [4.78, 5) is 16.8. The molecule has 1 N–H and O–H groups in total. The Bertz CT molecular complexity index is 935. The summed E-state index contributed by atoms with van der Waals surface area (Å²) >= 11 is 2.97. The predicted octanol–water partition coefficient (Wildman–Crippen LogP) is 4.24. The lowest BCUT2D eigenvalue weighted by molar-refractivity contribution is -0.118. The molecule has 0 saturated heterocycles. The van der Waals surface area contributed by atoms with Crippen molar-refractivity contribution < 1.29 is 19.0 Å². The van der Waals surface area contributed by atoms with Crippen molar-refractivity contribution in [3.05, 3.63) is 53.4 Å². The number of nitrogens with zero attached hydrogens (tertiary/aromatic N) is 1. The third kappa shape index (κ3) is 5.42. The van der Waals surface area contributed by atoms with Crippen molar-refractivity contribution in [3.63, 3.8) is 0 Å². The van der Waals surface area contributed by atoms with Crippen molar-refractivity contribution >= 4 is 29.0 Å². The monoisotopic (exact) mass is 430 g/mol. The fourth-order valence-electron chi connectivity index (χ4n) is 2.68. The Morgan fingerprint density at radius 2 is 1.76 bits per heavy atom. The van der Waals surface area contributed by atoms with Gasteiger partial charge in [-0.15, -0.1) is 11.3 Å². The summed E-state index contributed by atoms with van der Waals surface area (Å²) in [5.41, 5.74) is 2.86. The molecule has 8 heteroatoms. The normalized spacial score (nSPS) is 10.4. The third-order valence-electron chi connectivity index (χ3n) is 4.09. The van der Waals surface area contributed by atoms with Crippen LogP contribution in [0.1, 0.15) is 5.56 Å². The molecule has 0 aliphatic rings. The molecule has 152 valence electrons. The van der Waals surface area contributed by atoms with Crippen LogP contribution in [0.2, 0.25) is 0 Å². The first-order valence-electron chi connectivity index (χ1n) is 8.84. The number of nitrogens with one attached hydrogen (secondary N) is 1. The number of methoxy groups -OCH3 is 3. The lowest BCUT2D eigenvalue weighted by Crippen LogP contribution is -2.24. The number of thioether (sulfide) groups is 1. The van der Waals surface area contributed by atoms with Gasteiger partial charge in [-0.05, 0) is 17.7 Å². The Morgan fingerprint density at radius 1 is 1.07 bits per heavy atom. The van der Waals surface area contributed by atoms with Crippen LogP contribution in [0.15, 0.2) is 52.2 Å². The Balaban J connectivity index is 1.55. The summed E-state index contributed by atoms with van der Waals surface area (Å²) in [6.45, 7) is 0.364. The maximum atomic E-state index is 12.3. The highest BCUT2D eigenvalue weighted by Gasteiger charge is 2.14. The summed E-state index contributed by atoms with van der Waals surface area (Å²) < 4.78 is 16.9. The summed E-state index contributed by atoms with van der Waals surface area (Å²) in [7, 11) is 4.68. The van der Waals surface area contributed by atoms with E-state index in [1.54, 1.807) is 21.3 Å². The largest absolute Gasteiger partial charge is 0.493 e. The molecule has 3 aromatic rings. The van der Waals surface area contributed by atoms with Crippen LogP contribution in [0.3, 0.4) is 0 Å². The topological polar surface area (TPSA) is 69.7 Å². The second-order valence-electron chi connectivity index (χ2n) is 5.96. The van der Waals surface area contributed by atoms with Crippen LogP contribution >= 0.6 is 23.1 Å². The van der Waals surface area contributed by atoms with Gasteiger partial charge in [-0.2, -0.15) is 0 Å². The highest BCUT2D eigenvalue weighted by molar-refractivity contribution is 8.01. The van der Waals surface area contributed by atoms with E-state index in [2.05, 4.69) is 10.3 Å². The number of carbonyl (C=O) groups is 1. The molecular formula is C21H22N2O4S2. The van der Waals surface area contributed by atoms with Gasteiger partial charge in [0.1, 0.15) is 0 Å². The highest BCUT2D eigenvalue weighted by Crippen LogP contribution is 2.38. The van der Waals surface area contributed by atoms with Crippen molar-refractivity contribution in [2.45, 2.75) is 10.9 Å². The molecule has 0 fully saturated rings. The standard InChI is InChI=1S/C21H22N2O4S2/c1-25-17-9-14(10-18(26-2)20(17)27-3)11-22-19(24)13-29-21-23-16(12-28-21)15-7-5-4-6-8-15/h4-10,12H,11,13H2,1-3H3,(H,22,24). The molecule has 0 atom stereocenters. The fourth-order valence-corrected chi connectivity index (χ4v) is 4.35. The molecule has 0 aliphatic carbocycles. The zero-order chi connectivity index (χ0) is 20.6. The number of hydrogen-bond donors (Lipinski definition) is 1. The lowest BCUT2D eigenvalue weighted by Gasteiger charge is -2.14. The van der Waals surface area contributed by atoms with E-state index in [4.69, 9.17) is 14.2 Å². The van der Waals surface area contributed by atoms with Crippen LogP contribution in [-0.4, -0.2) is 38.0 Å². The molecule has 0 unspecified atom stereocenters. The molecule has 1 aromatic heterocycles. The van der Waals surface area contributed by atoms with E-state index >= 15 is 0 Å². The predicted molar refractivity (Wildman–Crippen MR) is 116 cm³/mol. The zero-order valence-corrected chi connectivity index (χ0v) is 18.1.